The lowest BCUT2D eigenvalue weighted by molar-refractivity contribution is -0.0500. The van der Waals surface area contributed by atoms with Crippen LogP contribution in [0.2, 0.25) is 0 Å². The third kappa shape index (κ3) is 4.55. The molecule has 0 saturated carbocycles. The number of pyridine rings is 1. The Morgan fingerprint density at radius 1 is 1.10 bits per heavy atom. The van der Waals surface area contributed by atoms with Gasteiger partial charge in [-0.1, -0.05) is 0 Å². The molecule has 0 bridgehead atoms. The summed E-state index contributed by atoms with van der Waals surface area (Å²) in [7, 11) is -4.73. The van der Waals surface area contributed by atoms with Crippen molar-refractivity contribution < 1.29 is 48.4 Å². The molecule has 2 heterocycles. The second-order valence-electron chi connectivity index (χ2n) is 5.85. The van der Waals surface area contributed by atoms with Crippen molar-refractivity contribution in [2.45, 2.75) is 5.51 Å². The molecule has 31 heavy (non-hydrogen) atoms. The van der Waals surface area contributed by atoms with Crippen molar-refractivity contribution in [2.75, 3.05) is 20.3 Å². The summed E-state index contributed by atoms with van der Waals surface area (Å²) in [5, 5.41) is 0.366. The minimum atomic E-state index is -6.09. The standard InChI is InChI=1S/C17H11F6NO5S2/c1-27-2-3-28-12-5-8(18)4-10(19)13(12)9-6-24-16(15-14(9)11(20)7-30-15)29-31(25,26)17(21,22)23/h4-7H,2-3H2,1H3. The maximum Gasteiger partial charge on any atom is 0.534 e. The normalized spacial score (nSPS) is 12.4. The first-order valence-corrected chi connectivity index (χ1v) is 10.4. The van der Waals surface area contributed by atoms with Crippen molar-refractivity contribution in [2.24, 2.45) is 0 Å². The number of rotatable bonds is 7. The lowest BCUT2D eigenvalue weighted by Gasteiger charge is -2.15. The van der Waals surface area contributed by atoms with E-state index in [1.807, 2.05) is 0 Å². The molecule has 0 amide bonds. The van der Waals surface area contributed by atoms with E-state index < -0.39 is 54.6 Å². The lowest BCUT2D eigenvalue weighted by Crippen LogP contribution is -2.28. The predicted octanol–water partition coefficient (Wildman–Crippen LogP) is 4.63. The van der Waals surface area contributed by atoms with Crippen LogP contribution < -0.4 is 8.92 Å². The van der Waals surface area contributed by atoms with Gasteiger partial charge in [0.15, 0.2) is 0 Å². The highest BCUT2D eigenvalue weighted by atomic mass is 32.2. The molecule has 1 aromatic carbocycles. The van der Waals surface area contributed by atoms with Crippen LogP contribution in [0, 0.1) is 17.5 Å². The highest BCUT2D eigenvalue weighted by Gasteiger charge is 2.49. The van der Waals surface area contributed by atoms with E-state index in [0.29, 0.717) is 23.6 Å². The van der Waals surface area contributed by atoms with Gasteiger partial charge in [-0.3, -0.25) is 0 Å². The van der Waals surface area contributed by atoms with Gasteiger partial charge in [-0.05, 0) is 0 Å². The Balaban J connectivity index is 2.19. The summed E-state index contributed by atoms with van der Waals surface area (Å²) in [5.41, 5.74) is -6.49. The van der Waals surface area contributed by atoms with Crippen LogP contribution in [0.5, 0.6) is 11.6 Å². The Hall–Kier alpha value is -2.58. The Kier molecular flexibility index (Phi) is 6.34. The Morgan fingerprint density at radius 2 is 1.81 bits per heavy atom. The number of halogens is 6. The quantitative estimate of drug-likeness (QED) is 0.209. The van der Waals surface area contributed by atoms with Gasteiger partial charge >= 0.3 is 15.6 Å². The van der Waals surface area contributed by atoms with E-state index in [2.05, 4.69) is 9.17 Å². The van der Waals surface area contributed by atoms with Crippen LogP contribution in [-0.4, -0.2) is 39.2 Å². The van der Waals surface area contributed by atoms with Crippen LogP contribution in [0.4, 0.5) is 26.3 Å². The molecule has 0 unspecified atom stereocenters. The molecule has 14 heteroatoms. The molecule has 0 spiro atoms. The predicted molar refractivity (Wildman–Crippen MR) is 97.9 cm³/mol. The summed E-state index contributed by atoms with van der Waals surface area (Å²) in [6.45, 7) is -0.0692. The second-order valence-corrected chi connectivity index (χ2v) is 8.27. The van der Waals surface area contributed by atoms with Gasteiger partial charge in [0.2, 0.25) is 0 Å². The number of nitrogens with zero attached hydrogens (tertiary/aromatic N) is 1. The molecule has 0 fully saturated rings. The maximum atomic E-state index is 14.6. The average Bonchev–Trinajstić information content (AvgIpc) is 3.04. The first-order valence-electron chi connectivity index (χ1n) is 8.14. The van der Waals surface area contributed by atoms with E-state index in [4.69, 9.17) is 9.47 Å². The molecule has 0 saturated heterocycles. The number of benzene rings is 1. The van der Waals surface area contributed by atoms with Gasteiger partial charge in [0, 0.05) is 41.8 Å². The molecule has 0 N–H and O–H groups in total. The molecule has 168 valence electrons. The number of hydrogen-bond donors (Lipinski definition) is 0. The lowest BCUT2D eigenvalue weighted by atomic mass is 10.0. The van der Waals surface area contributed by atoms with Gasteiger partial charge in [-0.15, -0.1) is 11.3 Å². The molecular weight excluding hydrogens is 476 g/mol. The van der Waals surface area contributed by atoms with Crippen molar-refractivity contribution in [1.29, 1.82) is 0 Å². The fourth-order valence-electron chi connectivity index (χ4n) is 2.55. The number of fused-ring (bicyclic) bond motifs is 1. The van der Waals surface area contributed by atoms with E-state index in [-0.39, 0.29) is 24.5 Å². The van der Waals surface area contributed by atoms with Crippen LogP contribution in [-0.2, 0) is 14.9 Å². The molecule has 6 nitrogen and oxygen atoms in total. The number of methoxy groups -OCH3 is 1. The summed E-state index contributed by atoms with van der Waals surface area (Å²) < 4.78 is 117. The summed E-state index contributed by atoms with van der Waals surface area (Å²) in [6, 6.07) is 1.32. The minimum Gasteiger partial charge on any atom is -0.490 e. The van der Waals surface area contributed by atoms with E-state index >= 15 is 0 Å². The minimum absolute atomic E-state index is 0.0557. The van der Waals surface area contributed by atoms with E-state index in [0.717, 1.165) is 11.4 Å². The summed E-state index contributed by atoms with van der Waals surface area (Å²) >= 11 is 0.485. The third-order valence-electron chi connectivity index (χ3n) is 3.83. The van der Waals surface area contributed by atoms with Gasteiger partial charge in [-0.25, -0.2) is 18.2 Å². The molecule has 0 aliphatic heterocycles. The van der Waals surface area contributed by atoms with E-state index in [1.165, 1.54) is 7.11 Å². The van der Waals surface area contributed by atoms with Crippen LogP contribution >= 0.6 is 11.3 Å². The zero-order chi connectivity index (χ0) is 23.0. The molecule has 3 rings (SSSR count). The number of alkyl halides is 3. The monoisotopic (exact) mass is 487 g/mol. The highest BCUT2D eigenvalue weighted by molar-refractivity contribution is 7.88. The third-order valence-corrected chi connectivity index (χ3v) is 5.71. The molecule has 0 atom stereocenters. The van der Waals surface area contributed by atoms with E-state index in [1.54, 1.807) is 0 Å². The topological polar surface area (TPSA) is 74.7 Å². The fourth-order valence-corrected chi connectivity index (χ4v) is 3.89. The van der Waals surface area contributed by atoms with Crippen LogP contribution in [0.25, 0.3) is 21.2 Å². The van der Waals surface area contributed by atoms with Crippen molar-refractivity contribution in [3.63, 3.8) is 0 Å². The first kappa shape index (κ1) is 23.1. The van der Waals surface area contributed by atoms with E-state index in [9.17, 15) is 34.8 Å². The van der Waals surface area contributed by atoms with Crippen molar-refractivity contribution in [1.82, 2.24) is 4.98 Å². The zero-order valence-electron chi connectivity index (χ0n) is 15.3. The maximum absolute atomic E-state index is 14.6. The first-order chi connectivity index (χ1) is 14.5. The second kappa shape index (κ2) is 8.51. The SMILES string of the molecule is COCCOc1cc(F)cc(F)c1-c1cnc(OS(=O)(=O)C(F)(F)F)c2scc(F)c12. The smallest absolute Gasteiger partial charge is 0.490 e. The molecule has 0 aliphatic rings. The summed E-state index contributed by atoms with van der Waals surface area (Å²) in [6.07, 6.45) is 0.707. The van der Waals surface area contributed by atoms with Gasteiger partial charge in [0.1, 0.15) is 34.5 Å². The largest absolute Gasteiger partial charge is 0.534 e. The van der Waals surface area contributed by atoms with Crippen LogP contribution in [0.15, 0.2) is 23.7 Å². The number of hydrogen-bond acceptors (Lipinski definition) is 7. The number of thiophene rings is 1. The van der Waals surface area contributed by atoms with Crippen molar-refractivity contribution in [3.05, 3.63) is 41.2 Å². The van der Waals surface area contributed by atoms with Gasteiger partial charge in [0.05, 0.1) is 12.2 Å². The van der Waals surface area contributed by atoms with Gasteiger partial charge < -0.3 is 13.7 Å². The van der Waals surface area contributed by atoms with Crippen LogP contribution in [0.1, 0.15) is 0 Å². The Bertz CT molecular complexity index is 1230. The van der Waals surface area contributed by atoms with Crippen LogP contribution in [0.3, 0.4) is 0 Å². The zero-order valence-corrected chi connectivity index (χ0v) is 16.9. The number of ether oxygens (including phenoxy) is 2. The van der Waals surface area contributed by atoms with Crippen molar-refractivity contribution in [3.8, 4) is 22.8 Å². The molecule has 0 radical (unpaired) electrons. The van der Waals surface area contributed by atoms with Gasteiger partial charge in [-0.2, -0.15) is 21.6 Å². The molecule has 3 aromatic rings. The van der Waals surface area contributed by atoms with Gasteiger partial charge in [0.25, 0.3) is 5.88 Å². The average molecular weight is 487 g/mol. The Morgan fingerprint density at radius 3 is 2.45 bits per heavy atom. The highest BCUT2D eigenvalue weighted by Crippen LogP contribution is 2.43. The summed E-state index contributed by atoms with van der Waals surface area (Å²) in [4.78, 5) is 3.50. The number of aromatic nitrogens is 1. The molecule has 0 aliphatic carbocycles. The summed E-state index contributed by atoms with van der Waals surface area (Å²) in [5.74, 6) is -4.58. The molecule has 2 aromatic heterocycles. The molecular formula is C17H11F6NO5S2. The Labute approximate surface area is 175 Å². The van der Waals surface area contributed by atoms with Crippen molar-refractivity contribution >= 4 is 31.5 Å². The fraction of sp³-hybridized carbons (Fsp3) is 0.235.